The van der Waals surface area contributed by atoms with Gasteiger partial charge in [-0.2, -0.15) is 0 Å². The highest BCUT2D eigenvalue weighted by atomic mass is 32.1. The van der Waals surface area contributed by atoms with Gasteiger partial charge in [0.15, 0.2) is 16.3 Å². The number of hydrogen-bond donors (Lipinski definition) is 0. The number of carbonyl (C=O) groups is 1. The number of allylic oxidation sites excluding steroid dienone is 1. The summed E-state index contributed by atoms with van der Waals surface area (Å²) < 4.78 is 29.1. The van der Waals surface area contributed by atoms with Crippen molar-refractivity contribution in [1.82, 2.24) is 4.57 Å². The number of esters is 1. The molecule has 3 aromatic rings. The summed E-state index contributed by atoms with van der Waals surface area (Å²) in [7, 11) is 6.17. The van der Waals surface area contributed by atoms with E-state index in [1.54, 1.807) is 62.8 Å². The zero-order chi connectivity index (χ0) is 27.6. The Hall–Kier alpha value is -4.05. The standard InChI is InChI=1S/C28H30N2O7S/c1-15(2)37-27(32)23-16(3)29-28-30(24(23)18-8-10-19(33-4)11-9-18)26(31)22(38-28)14-17-12-20(34-5)25(36-7)21(13-17)35-6/h8-15,24H,1-7H3. The molecular formula is C28H30N2O7S. The maximum Gasteiger partial charge on any atom is 0.338 e. The van der Waals surface area contributed by atoms with Gasteiger partial charge in [0.2, 0.25) is 5.75 Å². The van der Waals surface area contributed by atoms with E-state index < -0.39 is 12.0 Å². The molecule has 200 valence electrons. The van der Waals surface area contributed by atoms with E-state index in [0.717, 1.165) is 5.56 Å². The molecule has 0 amide bonds. The minimum absolute atomic E-state index is 0.286. The normalized spacial score (nSPS) is 15.2. The van der Waals surface area contributed by atoms with E-state index in [1.165, 1.54) is 32.7 Å². The summed E-state index contributed by atoms with van der Waals surface area (Å²) in [6, 6.07) is 10.1. The number of methoxy groups -OCH3 is 4. The van der Waals surface area contributed by atoms with Crippen molar-refractivity contribution in [2.24, 2.45) is 4.99 Å². The largest absolute Gasteiger partial charge is 0.497 e. The van der Waals surface area contributed by atoms with E-state index in [9.17, 15) is 9.59 Å². The second-order valence-electron chi connectivity index (χ2n) is 8.77. The van der Waals surface area contributed by atoms with Crippen molar-refractivity contribution in [3.8, 4) is 23.0 Å². The summed E-state index contributed by atoms with van der Waals surface area (Å²) in [4.78, 5) is 32.2. The molecule has 0 spiro atoms. The van der Waals surface area contributed by atoms with E-state index >= 15 is 0 Å². The molecule has 1 aromatic heterocycles. The fourth-order valence-electron chi connectivity index (χ4n) is 4.30. The lowest BCUT2D eigenvalue weighted by atomic mass is 9.96. The fourth-order valence-corrected chi connectivity index (χ4v) is 5.34. The summed E-state index contributed by atoms with van der Waals surface area (Å²) >= 11 is 1.24. The van der Waals surface area contributed by atoms with Crippen LogP contribution in [0.3, 0.4) is 0 Å². The third-order valence-electron chi connectivity index (χ3n) is 6.00. The summed E-state index contributed by atoms with van der Waals surface area (Å²) in [6.07, 6.45) is 1.41. The van der Waals surface area contributed by atoms with E-state index in [-0.39, 0.29) is 11.7 Å². The first-order valence-corrected chi connectivity index (χ1v) is 12.7. The van der Waals surface area contributed by atoms with Crippen molar-refractivity contribution in [1.29, 1.82) is 0 Å². The molecule has 0 saturated carbocycles. The topological polar surface area (TPSA) is 97.6 Å². The molecule has 0 aliphatic carbocycles. The highest BCUT2D eigenvalue weighted by Gasteiger charge is 2.33. The Morgan fingerprint density at radius 3 is 2.16 bits per heavy atom. The van der Waals surface area contributed by atoms with Crippen LogP contribution < -0.4 is 33.8 Å². The van der Waals surface area contributed by atoms with Crippen LogP contribution in [0.4, 0.5) is 0 Å². The number of hydrogen-bond acceptors (Lipinski definition) is 9. The van der Waals surface area contributed by atoms with Crippen molar-refractivity contribution < 1.29 is 28.5 Å². The van der Waals surface area contributed by atoms with Gasteiger partial charge in [0, 0.05) is 0 Å². The molecule has 9 nitrogen and oxygen atoms in total. The molecule has 10 heteroatoms. The van der Waals surface area contributed by atoms with Gasteiger partial charge in [-0.05, 0) is 62.2 Å². The predicted octanol–water partition coefficient (Wildman–Crippen LogP) is 3.22. The van der Waals surface area contributed by atoms with E-state index in [1.807, 2.05) is 12.1 Å². The Kier molecular flexibility index (Phi) is 7.91. The van der Waals surface area contributed by atoms with Crippen LogP contribution in [-0.2, 0) is 9.53 Å². The van der Waals surface area contributed by atoms with Gasteiger partial charge >= 0.3 is 5.97 Å². The molecule has 0 bridgehead atoms. The number of ether oxygens (including phenoxy) is 5. The van der Waals surface area contributed by atoms with Crippen LogP contribution in [0, 0.1) is 0 Å². The van der Waals surface area contributed by atoms with E-state index in [2.05, 4.69) is 4.99 Å². The average Bonchev–Trinajstić information content (AvgIpc) is 3.20. The summed E-state index contributed by atoms with van der Waals surface area (Å²) in [5.74, 6) is 1.54. The van der Waals surface area contributed by atoms with Crippen molar-refractivity contribution >= 4 is 23.4 Å². The number of aromatic nitrogens is 1. The van der Waals surface area contributed by atoms with Gasteiger partial charge in [0.25, 0.3) is 5.56 Å². The van der Waals surface area contributed by atoms with Gasteiger partial charge in [-0.3, -0.25) is 9.36 Å². The molecule has 1 aliphatic heterocycles. The molecule has 0 saturated heterocycles. The van der Waals surface area contributed by atoms with Crippen molar-refractivity contribution in [3.05, 3.63) is 78.5 Å². The zero-order valence-electron chi connectivity index (χ0n) is 22.4. The van der Waals surface area contributed by atoms with Crippen molar-refractivity contribution in [3.63, 3.8) is 0 Å². The van der Waals surface area contributed by atoms with Gasteiger partial charge in [-0.15, -0.1) is 0 Å². The monoisotopic (exact) mass is 538 g/mol. The molecular weight excluding hydrogens is 508 g/mol. The summed E-state index contributed by atoms with van der Waals surface area (Å²) in [5, 5.41) is 0. The van der Waals surface area contributed by atoms with Gasteiger partial charge in [0.05, 0.1) is 56.4 Å². The Morgan fingerprint density at radius 2 is 1.63 bits per heavy atom. The second kappa shape index (κ2) is 11.1. The Balaban J connectivity index is 1.93. The number of thiazole rings is 1. The minimum Gasteiger partial charge on any atom is -0.497 e. The van der Waals surface area contributed by atoms with Crippen molar-refractivity contribution in [2.75, 3.05) is 28.4 Å². The summed E-state index contributed by atoms with van der Waals surface area (Å²) in [6.45, 7) is 5.31. The molecule has 1 aliphatic rings. The predicted molar refractivity (Wildman–Crippen MR) is 144 cm³/mol. The van der Waals surface area contributed by atoms with E-state index in [4.69, 9.17) is 23.7 Å². The highest BCUT2D eigenvalue weighted by molar-refractivity contribution is 7.07. The average molecular weight is 539 g/mol. The third-order valence-corrected chi connectivity index (χ3v) is 6.98. The lowest BCUT2D eigenvalue weighted by Crippen LogP contribution is -2.40. The molecule has 2 heterocycles. The Bertz CT molecular complexity index is 1540. The second-order valence-corrected chi connectivity index (χ2v) is 9.78. The number of nitrogens with zero attached hydrogens (tertiary/aromatic N) is 2. The fraction of sp³-hybridized carbons (Fsp3) is 0.321. The third kappa shape index (κ3) is 5.04. The molecule has 0 radical (unpaired) electrons. The van der Waals surface area contributed by atoms with E-state index in [0.29, 0.717) is 49.2 Å². The smallest absolute Gasteiger partial charge is 0.338 e. The van der Waals surface area contributed by atoms with Crippen molar-refractivity contribution in [2.45, 2.75) is 32.9 Å². The van der Waals surface area contributed by atoms with Gasteiger partial charge in [-0.25, -0.2) is 9.79 Å². The number of benzene rings is 2. The van der Waals surface area contributed by atoms with Gasteiger partial charge < -0.3 is 23.7 Å². The lowest BCUT2D eigenvalue weighted by Gasteiger charge is -2.25. The van der Waals surface area contributed by atoms with Crippen LogP contribution in [0.15, 0.2) is 57.5 Å². The van der Waals surface area contributed by atoms with Gasteiger partial charge in [-0.1, -0.05) is 23.5 Å². The molecule has 0 N–H and O–H groups in total. The zero-order valence-corrected chi connectivity index (χ0v) is 23.2. The van der Waals surface area contributed by atoms with Crippen LogP contribution in [0.1, 0.15) is 37.9 Å². The Labute approximate surface area is 224 Å². The Morgan fingerprint density at radius 1 is 1.00 bits per heavy atom. The van der Waals surface area contributed by atoms with Crippen LogP contribution in [0.2, 0.25) is 0 Å². The van der Waals surface area contributed by atoms with Crippen LogP contribution >= 0.6 is 11.3 Å². The summed E-state index contributed by atoms with van der Waals surface area (Å²) in [5.41, 5.74) is 1.94. The first-order chi connectivity index (χ1) is 18.2. The maximum atomic E-state index is 13.8. The van der Waals surface area contributed by atoms with Crippen LogP contribution in [-0.4, -0.2) is 45.1 Å². The first kappa shape index (κ1) is 27.0. The number of carbonyl (C=O) groups excluding carboxylic acids is 1. The minimum atomic E-state index is -0.717. The lowest BCUT2D eigenvalue weighted by molar-refractivity contribution is -0.143. The number of rotatable bonds is 8. The SMILES string of the molecule is COc1ccc(C2C(C(=O)OC(C)C)=C(C)N=c3sc(=Cc4cc(OC)c(OC)c(OC)c4)c(=O)n32)cc1. The molecule has 1 unspecified atom stereocenters. The quantitative estimate of drug-likeness (QED) is 0.406. The molecule has 4 rings (SSSR count). The van der Waals surface area contributed by atoms with Crippen LogP contribution in [0.5, 0.6) is 23.0 Å². The first-order valence-electron chi connectivity index (χ1n) is 11.9. The maximum absolute atomic E-state index is 13.8. The highest BCUT2D eigenvalue weighted by Crippen LogP contribution is 2.38. The molecule has 0 fully saturated rings. The van der Waals surface area contributed by atoms with Crippen LogP contribution in [0.25, 0.3) is 6.08 Å². The molecule has 38 heavy (non-hydrogen) atoms. The number of fused-ring (bicyclic) bond motifs is 1. The molecule has 2 aromatic carbocycles. The van der Waals surface area contributed by atoms with Gasteiger partial charge in [0.1, 0.15) is 5.75 Å². The molecule has 1 atom stereocenters.